The minimum Gasteiger partial charge on any atom is -0.441 e. The molecule has 0 aliphatic heterocycles. The highest BCUT2D eigenvalue weighted by Crippen LogP contribution is 2.25. The first kappa shape index (κ1) is 16.0. The molecule has 0 fully saturated rings. The summed E-state index contributed by atoms with van der Waals surface area (Å²) in [6, 6.07) is 18.7. The normalized spacial score (nSPS) is 10.0. The van der Waals surface area contributed by atoms with E-state index in [1.54, 1.807) is 0 Å². The summed E-state index contributed by atoms with van der Waals surface area (Å²) in [7, 11) is 0. The summed E-state index contributed by atoms with van der Waals surface area (Å²) in [5.74, 6) is 1.62. The molecule has 114 valence electrons. The maximum atomic E-state index is 5.73. The Balaban J connectivity index is 0.000000847. The van der Waals surface area contributed by atoms with Gasteiger partial charge in [0.2, 0.25) is 5.89 Å². The van der Waals surface area contributed by atoms with Gasteiger partial charge in [-0.2, -0.15) is 0 Å². The number of rotatable bonds is 3. The minimum atomic E-state index is 0.707. The van der Waals surface area contributed by atoms with Crippen LogP contribution in [0.2, 0.25) is 0 Å². The van der Waals surface area contributed by atoms with E-state index in [-0.39, 0.29) is 0 Å². The van der Waals surface area contributed by atoms with Crippen molar-refractivity contribution in [1.29, 1.82) is 0 Å². The van der Waals surface area contributed by atoms with Crippen LogP contribution in [0.25, 0.3) is 22.6 Å². The average Bonchev–Trinajstić information content (AvgIpc) is 2.98. The average molecular weight is 293 g/mol. The second kappa shape index (κ2) is 7.60. The first-order valence-corrected chi connectivity index (χ1v) is 7.90. The second-order valence-corrected chi connectivity index (χ2v) is 4.82. The highest BCUT2D eigenvalue weighted by Gasteiger charge is 2.09. The lowest BCUT2D eigenvalue weighted by atomic mass is 10.0. The van der Waals surface area contributed by atoms with Crippen molar-refractivity contribution >= 4 is 0 Å². The lowest BCUT2D eigenvalue weighted by Gasteiger charge is -2.02. The Morgan fingerprint density at radius 3 is 1.91 bits per heavy atom. The van der Waals surface area contributed by atoms with E-state index in [0.29, 0.717) is 5.89 Å². The number of aromatic nitrogens is 1. The van der Waals surface area contributed by atoms with Crippen molar-refractivity contribution < 1.29 is 4.42 Å². The Morgan fingerprint density at radius 1 is 0.818 bits per heavy atom. The van der Waals surface area contributed by atoms with Gasteiger partial charge in [0.05, 0.1) is 5.69 Å². The van der Waals surface area contributed by atoms with Crippen molar-refractivity contribution in [2.75, 3.05) is 0 Å². The maximum absolute atomic E-state index is 5.73. The molecule has 0 unspecified atom stereocenters. The monoisotopic (exact) mass is 293 g/mol. The third-order valence-electron chi connectivity index (χ3n) is 3.47. The summed E-state index contributed by atoms with van der Waals surface area (Å²) in [5, 5.41) is 0. The maximum Gasteiger partial charge on any atom is 0.226 e. The molecule has 2 heteroatoms. The summed E-state index contributed by atoms with van der Waals surface area (Å²) < 4.78 is 5.73. The topological polar surface area (TPSA) is 26.0 Å². The molecule has 0 saturated heterocycles. The SMILES string of the molecule is CC.CCc1nc(-c2ccc(-c3ccccc3)cc2)oc1C. The standard InChI is InChI=1S/C18H17NO.C2H6/c1-3-17-13(2)20-18(19-17)16-11-9-15(10-12-16)14-7-5-4-6-8-14;1-2/h4-12H,3H2,1-2H3;1-2H3. The first-order chi connectivity index (χ1) is 10.8. The number of hydrogen-bond acceptors (Lipinski definition) is 2. The minimum absolute atomic E-state index is 0.707. The van der Waals surface area contributed by atoms with Crippen LogP contribution in [-0.2, 0) is 6.42 Å². The molecule has 3 rings (SSSR count). The molecule has 0 aliphatic rings. The Labute approximate surface area is 132 Å². The molecule has 0 radical (unpaired) electrons. The van der Waals surface area contributed by atoms with Crippen LogP contribution >= 0.6 is 0 Å². The Bertz CT molecular complexity index is 696. The van der Waals surface area contributed by atoms with Crippen LogP contribution in [0.4, 0.5) is 0 Å². The van der Waals surface area contributed by atoms with Gasteiger partial charge in [0.25, 0.3) is 0 Å². The highest BCUT2D eigenvalue weighted by molar-refractivity contribution is 5.67. The van der Waals surface area contributed by atoms with Crippen LogP contribution in [0.5, 0.6) is 0 Å². The second-order valence-electron chi connectivity index (χ2n) is 4.82. The smallest absolute Gasteiger partial charge is 0.226 e. The Hall–Kier alpha value is -2.35. The van der Waals surface area contributed by atoms with Gasteiger partial charge in [-0.1, -0.05) is 63.2 Å². The van der Waals surface area contributed by atoms with Crippen molar-refractivity contribution in [3.63, 3.8) is 0 Å². The number of aryl methyl sites for hydroxylation is 2. The third kappa shape index (κ3) is 3.45. The summed E-state index contributed by atoms with van der Waals surface area (Å²) in [6.07, 6.45) is 0.900. The zero-order valence-electron chi connectivity index (χ0n) is 13.8. The van der Waals surface area contributed by atoms with Gasteiger partial charge >= 0.3 is 0 Å². The fourth-order valence-electron chi connectivity index (χ4n) is 2.32. The molecule has 3 aromatic rings. The van der Waals surface area contributed by atoms with Crippen LogP contribution in [0.15, 0.2) is 59.0 Å². The number of oxazole rings is 1. The lowest BCUT2D eigenvalue weighted by Crippen LogP contribution is -1.83. The molecule has 2 nitrogen and oxygen atoms in total. The molecular weight excluding hydrogens is 270 g/mol. The molecule has 0 amide bonds. The van der Waals surface area contributed by atoms with Gasteiger partial charge in [0, 0.05) is 5.56 Å². The van der Waals surface area contributed by atoms with Crippen molar-refractivity contribution in [3.05, 3.63) is 66.1 Å². The predicted molar refractivity (Wildman–Crippen MR) is 92.8 cm³/mol. The first-order valence-electron chi connectivity index (χ1n) is 7.90. The largest absolute Gasteiger partial charge is 0.441 e. The van der Waals surface area contributed by atoms with Crippen molar-refractivity contribution in [1.82, 2.24) is 4.98 Å². The molecule has 0 aliphatic carbocycles. The van der Waals surface area contributed by atoms with Gasteiger partial charge in [-0.3, -0.25) is 0 Å². The van der Waals surface area contributed by atoms with Gasteiger partial charge in [0.1, 0.15) is 5.76 Å². The van der Waals surface area contributed by atoms with Gasteiger partial charge in [-0.15, -0.1) is 0 Å². The van der Waals surface area contributed by atoms with E-state index >= 15 is 0 Å². The van der Waals surface area contributed by atoms with Gasteiger partial charge < -0.3 is 4.42 Å². The quantitative estimate of drug-likeness (QED) is 0.600. The van der Waals surface area contributed by atoms with E-state index < -0.39 is 0 Å². The van der Waals surface area contributed by atoms with Gasteiger partial charge in [0.15, 0.2) is 0 Å². The molecule has 0 spiro atoms. The number of hydrogen-bond donors (Lipinski definition) is 0. The summed E-state index contributed by atoms with van der Waals surface area (Å²) >= 11 is 0. The third-order valence-corrected chi connectivity index (χ3v) is 3.47. The zero-order valence-corrected chi connectivity index (χ0v) is 13.8. The van der Waals surface area contributed by atoms with E-state index in [4.69, 9.17) is 4.42 Å². The van der Waals surface area contributed by atoms with E-state index in [1.165, 1.54) is 11.1 Å². The van der Waals surface area contributed by atoms with E-state index in [0.717, 1.165) is 23.4 Å². The van der Waals surface area contributed by atoms with Crippen LogP contribution in [0.1, 0.15) is 32.2 Å². The molecule has 1 heterocycles. The number of nitrogens with zero attached hydrogens (tertiary/aromatic N) is 1. The molecular formula is C20H23NO. The molecule has 0 saturated carbocycles. The summed E-state index contributed by atoms with van der Waals surface area (Å²) in [5.41, 5.74) is 4.48. The van der Waals surface area contributed by atoms with Crippen molar-refractivity contribution in [3.8, 4) is 22.6 Å². The fraction of sp³-hybridized carbons (Fsp3) is 0.250. The molecule has 2 aromatic carbocycles. The summed E-state index contributed by atoms with van der Waals surface area (Å²) in [6.45, 7) is 8.06. The van der Waals surface area contributed by atoms with Crippen molar-refractivity contribution in [2.45, 2.75) is 34.1 Å². The van der Waals surface area contributed by atoms with E-state index in [9.17, 15) is 0 Å². The van der Waals surface area contributed by atoms with Crippen LogP contribution in [-0.4, -0.2) is 4.98 Å². The van der Waals surface area contributed by atoms with Crippen LogP contribution in [0, 0.1) is 6.92 Å². The molecule has 0 N–H and O–H groups in total. The fourth-order valence-corrected chi connectivity index (χ4v) is 2.32. The van der Waals surface area contributed by atoms with E-state index in [2.05, 4.69) is 48.3 Å². The summed E-state index contributed by atoms with van der Waals surface area (Å²) in [4.78, 5) is 4.53. The van der Waals surface area contributed by atoms with Gasteiger partial charge in [-0.05, 0) is 36.6 Å². The Kier molecular flexibility index (Phi) is 5.54. The Morgan fingerprint density at radius 2 is 1.36 bits per heavy atom. The molecule has 22 heavy (non-hydrogen) atoms. The zero-order chi connectivity index (χ0) is 15.9. The van der Waals surface area contributed by atoms with Gasteiger partial charge in [-0.25, -0.2) is 4.98 Å². The van der Waals surface area contributed by atoms with Crippen LogP contribution in [0.3, 0.4) is 0 Å². The number of benzene rings is 2. The highest BCUT2D eigenvalue weighted by atomic mass is 16.4. The predicted octanol–water partition coefficient (Wildman–Crippen LogP) is 5.91. The molecule has 0 bridgehead atoms. The molecule has 0 atom stereocenters. The van der Waals surface area contributed by atoms with Crippen molar-refractivity contribution in [2.24, 2.45) is 0 Å². The lowest BCUT2D eigenvalue weighted by molar-refractivity contribution is 0.539. The van der Waals surface area contributed by atoms with E-state index in [1.807, 2.05) is 39.0 Å². The molecule has 1 aromatic heterocycles. The van der Waals surface area contributed by atoms with Crippen LogP contribution < -0.4 is 0 Å².